The summed E-state index contributed by atoms with van der Waals surface area (Å²) < 4.78 is 0. The first-order chi connectivity index (χ1) is 8.43. The molecule has 5 heteroatoms. The lowest BCUT2D eigenvalue weighted by atomic mass is 10.0. The maximum absolute atomic E-state index is 11.9. The van der Waals surface area contributed by atoms with E-state index in [0.29, 0.717) is 12.3 Å². The van der Waals surface area contributed by atoms with Crippen LogP contribution in [0.4, 0.5) is 0 Å². The van der Waals surface area contributed by atoms with Crippen LogP contribution in [0.25, 0.3) is 0 Å². The third kappa shape index (κ3) is 4.14. The Balaban J connectivity index is 2.55. The van der Waals surface area contributed by atoms with Crippen LogP contribution >= 0.6 is 0 Å². The molecule has 0 radical (unpaired) electrons. The van der Waals surface area contributed by atoms with E-state index >= 15 is 0 Å². The molecule has 0 aliphatic carbocycles. The molecule has 0 aromatic carbocycles. The molecule has 1 heterocycles. The average molecular weight is 253 g/mol. The molecule has 1 atom stereocenters. The van der Waals surface area contributed by atoms with Gasteiger partial charge in [-0.1, -0.05) is 13.8 Å². The van der Waals surface area contributed by atoms with E-state index in [1.807, 2.05) is 13.8 Å². The number of nitrogens with zero attached hydrogens (tertiary/aromatic N) is 1. The first kappa shape index (κ1) is 14.7. The molecule has 1 rings (SSSR count). The second-order valence-corrected chi connectivity index (χ2v) is 5.17. The molecule has 0 aliphatic rings. The number of aryl methyl sites for hydroxylation is 2. The van der Waals surface area contributed by atoms with Crippen molar-refractivity contribution < 1.29 is 9.90 Å². The standard InChI is InChI=1S/C13H23N3O2/c1-8(2)5-11(7-17)14-13(18)6-12-9(3)15-16-10(12)4/h8,11,17H,5-7H2,1-4H3,(H,14,18)(H,15,16)/t11-/m0/s1. The highest BCUT2D eigenvalue weighted by Gasteiger charge is 2.16. The molecule has 1 aromatic rings. The van der Waals surface area contributed by atoms with E-state index in [0.717, 1.165) is 23.4 Å². The summed E-state index contributed by atoms with van der Waals surface area (Å²) in [5.74, 6) is 0.377. The Morgan fingerprint density at radius 1 is 1.44 bits per heavy atom. The molecule has 0 bridgehead atoms. The number of aliphatic hydroxyl groups excluding tert-OH is 1. The summed E-state index contributed by atoms with van der Waals surface area (Å²) in [4.78, 5) is 11.9. The number of hydrogen-bond acceptors (Lipinski definition) is 3. The Hall–Kier alpha value is -1.36. The van der Waals surface area contributed by atoms with Gasteiger partial charge in [-0.2, -0.15) is 5.10 Å². The summed E-state index contributed by atoms with van der Waals surface area (Å²) in [5, 5.41) is 19.0. The van der Waals surface area contributed by atoms with E-state index in [4.69, 9.17) is 0 Å². The molecule has 0 saturated heterocycles. The summed E-state index contributed by atoms with van der Waals surface area (Å²) in [6.07, 6.45) is 1.09. The van der Waals surface area contributed by atoms with Gasteiger partial charge >= 0.3 is 0 Å². The summed E-state index contributed by atoms with van der Waals surface area (Å²) in [7, 11) is 0. The van der Waals surface area contributed by atoms with Crippen LogP contribution in [0.2, 0.25) is 0 Å². The van der Waals surface area contributed by atoms with Crippen molar-refractivity contribution in [2.45, 2.75) is 46.6 Å². The number of amides is 1. The summed E-state index contributed by atoms with van der Waals surface area (Å²) >= 11 is 0. The number of carbonyl (C=O) groups is 1. The Morgan fingerprint density at radius 3 is 2.56 bits per heavy atom. The molecule has 18 heavy (non-hydrogen) atoms. The lowest BCUT2D eigenvalue weighted by Crippen LogP contribution is -2.39. The third-order valence-electron chi connectivity index (χ3n) is 2.96. The molecule has 0 fully saturated rings. The molecule has 1 aromatic heterocycles. The van der Waals surface area contributed by atoms with Gasteiger partial charge in [0.2, 0.25) is 5.91 Å². The van der Waals surface area contributed by atoms with E-state index in [9.17, 15) is 9.90 Å². The number of aromatic amines is 1. The zero-order valence-corrected chi connectivity index (χ0v) is 11.6. The van der Waals surface area contributed by atoms with Gasteiger partial charge in [0.15, 0.2) is 0 Å². The predicted octanol–water partition coefficient (Wildman–Crippen LogP) is 1.09. The Morgan fingerprint density at radius 2 is 2.11 bits per heavy atom. The molecular weight excluding hydrogens is 230 g/mol. The highest BCUT2D eigenvalue weighted by Crippen LogP contribution is 2.10. The Kier molecular flexibility index (Phi) is 5.34. The van der Waals surface area contributed by atoms with Crippen LogP contribution in [-0.4, -0.2) is 33.9 Å². The number of hydrogen-bond donors (Lipinski definition) is 3. The Labute approximate surface area is 108 Å². The van der Waals surface area contributed by atoms with Gasteiger partial charge in [0.1, 0.15) is 0 Å². The zero-order valence-electron chi connectivity index (χ0n) is 11.6. The first-order valence-corrected chi connectivity index (χ1v) is 6.34. The lowest BCUT2D eigenvalue weighted by molar-refractivity contribution is -0.121. The number of carbonyl (C=O) groups excluding carboxylic acids is 1. The van der Waals surface area contributed by atoms with E-state index in [-0.39, 0.29) is 18.6 Å². The molecule has 102 valence electrons. The third-order valence-corrected chi connectivity index (χ3v) is 2.96. The molecule has 3 N–H and O–H groups in total. The summed E-state index contributed by atoms with van der Waals surface area (Å²) in [6.45, 7) is 7.90. The van der Waals surface area contributed by atoms with Gasteiger partial charge in [0, 0.05) is 11.3 Å². The fourth-order valence-electron chi connectivity index (χ4n) is 2.02. The van der Waals surface area contributed by atoms with Crippen LogP contribution in [-0.2, 0) is 11.2 Å². The molecule has 0 unspecified atom stereocenters. The van der Waals surface area contributed by atoms with Crippen LogP contribution in [0.15, 0.2) is 0 Å². The maximum atomic E-state index is 11.9. The summed E-state index contributed by atoms with van der Waals surface area (Å²) in [5.41, 5.74) is 2.72. The van der Waals surface area contributed by atoms with Crippen molar-refractivity contribution in [1.29, 1.82) is 0 Å². The first-order valence-electron chi connectivity index (χ1n) is 6.34. The Bertz CT molecular complexity index is 379. The van der Waals surface area contributed by atoms with Crippen LogP contribution in [0.1, 0.15) is 37.2 Å². The minimum Gasteiger partial charge on any atom is -0.394 e. The predicted molar refractivity (Wildman–Crippen MR) is 70.2 cm³/mol. The monoisotopic (exact) mass is 253 g/mol. The quantitative estimate of drug-likeness (QED) is 0.710. The second kappa shape index (κ2) is 6.54. The molecule has 1 amide bonds. The van der Waals surface area contributed by atoms with E-state index in [1.165, 1.54) is 0 Å². The number of H-pyrrole nitrogens is 1. The van der Waals surface area contributed by atoms with Crippen molar-refractivity contribution in [3.05, 3.63) is 17.0 Å². The van der Waals surface area contributed by atoms with Crippen molar-refractivity contribution >= 4 is 5.91 Å². The number of rotatable bonds is 6. The van der Waals surface area contributed by atoms with E-state index in [2.05, 4.69) is 29.4 Å². The number of aliphatic hydroxyl groups is 1. The largest absolute Gasteiger partial charge is 0.394 e. The van der Waals surface area contributed by atoms with Gasteiger partial charge in [-0.25, -0.2) is 0 Å². The van der Waals surface area contributed by atoms with Crippen LogP contribution in [0.5, 0.6) is 0 Å². The molecule has 0 spiro atoms. The molecule has 0 saturated carbocycles. The smallest absolute Gasteiger partial charge is 0.224 e. The second-order valence-electron chi connectivity index (χ2n) is 5.17. The van der Waals surface area contributed by atoms with Gasteiger partial charge in [-0.05, 0) is 26.2 Å². The maximum Gasteiger partial charge on any atom is 0.224 e. The van der Waals surface area contributed by atoms with Gasteiger partial charge in [0.05, 0.1) is 24.8 Å². The summed E-state index contributed by atoms with van der Waals surface area (Å²) in [6, 6.07) is -0.162. The van der Waals surface area contributed by atoms with E-state index in [1.54, 1.807) is 0 Å². The average Bonchev–Trinajstić information content (AvgIpc) is 2.59. The van der Waals surface area contributed by atoms with Crippen molar-refractivity contribution in [3.63, 3.8) is 0 Å². The molecular formula is C13H23N3O2. The van der Waals surface area contributed by atoms with Crippen molar-refractivity contribution in [2.75, 3.05) is 6.61 Å². The fourth-order valence-corrected chi connectivity index (χ4v) is 2.02. The van der Waals surface area contributed by atoms with Crippen LogP contribution in [0.3, 0.4) is 0 Å². The highest BCUT2D eigenvalue weighted by molar-refractivity contribution is 5.79. The molecule has 5 nitrogen and oxygen atoms in total. The number of nitrogens with one attached hydrogen (secondary N) is 2. The minimum absolute atomic E-state index is 0.0206. The minimum atomic E-state index is -0.162. The van der Waals surface area contributed by atoms with Gasteiger partial charge in [-0.15, -0.1) is 0 Å². The number of aromatic nitrogens is 2. The van der Waals surface area contributed by atoms with Crippen molar-refractivity contribution in [1.82, 2.24) is 15.5 Å². The topological polar surface area (TPSA) is 78.0 Å². The van der Waals surface area contributed by atoms with Gasteiger partial charge in [-0.3, -0.25) is 9.89 Å². The lowest BCUT2D eigenvalue weighted by Gasteiger charge is -2.18. The SMILES string of the molecule is Cc1n[nH]c(C)c1CC(=O)N[C@H](CO)CC(C)C. The van der Waals surface area contributed by atoms with Gasteiger partial charge in [0.25, 0.3) is 0 Å². The van der Waals surface area contributed by atoms with Gasteiger partial charge < -0.3 is 10.4 Å². The highest BCUT2D eigenvalue weighted by atomic mass is 16.3. The van der Waals surface area contributed by atoms with Crippen molar-refractivity contribution in [2.24, 2.45) is 5.92 Å². The van der Waals surface area contributed by atoms with Crippen molar-refractivity contribution in [3.8, 4) is 0 Å². The van der Waals surface area contributed by atoms with Crippen LogP contribution in [0, 0.1) is 19.8 Å². The fraction of sp³-hybridized carbons (Fsp3) is 0.692. The normalized spacial score (nSPS) is 12.8. The zero-order chi connectivity index (χ0) is 13.7. The molecule has 0 aliphatic heterocycles. The van der Waals surface area contributed by atoms with Crippen LogP contribution < -0.4 is 5.32 Å². The van der Waals surface area contributed by atoms with E-state index < -0.39 is 0 Å².